The van der Waals surface area contributed by atoms with Crippen LogP contribution in [0.1, 0.15) is 30.2 Å². The maximum atomic E-state index is 12.9. The molecule has 0 bridgehead atoms. The molecule has 0 atom stereocenters. The minimum Gasteiger partial charge on any atom is -0.314 e. The lowest BCUT2D eigenvalue weighted by Gasteiger charge is -2.14. The number of benzene rings is 2. The van der Waals surface area contributed by atoms with Crippen LogP contribution in [0.5, 0.6) is 0 Å². The molecule has 0 saturated heterocycles. The number of hydrogen-bond donors (Lipinski definition) is 0. The zero-order chi connectivity index (χ0) is 21.4. The highest BCUT2D eigenvalue weighted by Crippen LogP contribution is 2.33. The molecule has 0 radical (unpaired) electrons. The number of nitrogens with zero attached hydrogens (tertiary/aromatic N) is 1. The van der Waals surface area contributed by atoms with Crippen LogP contribution < -0.4 is 0 Å². The lowest BCUT2D eigenvalue weighted by Crippen LogP contribution is -2.06. The van der Waals surface area contributed by atoms with Crippen LogP contribution in [-0.2, 0) is 22.4 Å². The monoisotopic (exact) mass is 421 g/mol. The molecule has 0 N–H and O–H groups in total. The number of hydrogen-bond acceptors (Lipinski definition) is 2. The Morgan fingerprint density at radius 3 is 2.03 bits per heavy atom. The molecular weight excluding hydrogens is 399 g/mol. The van der Waals surface area contributed by atoms with E-state index in [1.807, 2.05) is 17.6 Å². The van der Waals surface area contributed by atoms with Crippen LogP contribution in [0.25, 0.3) is 16.9 Å². The Kier molecular flexibility index (Phi) is 5.63. The molecule has 3 aromatic rings. The largest absolute Gasteiger partial charge is 0.416 e. The summed E-state index contributed by atoms with van der Waals surface area (Å²) in [4.78, 5) is 0.222. The van der Waals surface area contributed by atoms with Crippen molar-refractivity contribution in [1.29, 1.82) is 0 Å². The Balaban J connectivity index is 2.14. The molecule has 0 aliphatic carbocycles. The normalized spacial score (nSPS) is 12.3. The fourth-order valence-electron chi connectivity index (χ4n) is 3.40. The van der Waals surface area contributed by atoms with E-state index >= 15 is 0 Å². The van der Waals surface area contributed by atoms with Crippen molar-refractivity contribution in [3.8, 4) is 16.9 Å². The molecule has 154 valence electrons. The molecule has 0 aliphatic rings. The maximum absolute atomic E-state index is 12.9. The van der Waals surface area contributed by atoms with Crippen molar-refractivity contribution in [3.05, 3.63) is 71.4 Å². The van der Waals surface area contributed by atoms with Crippen LogP contribution in [0.3, 0.4) is 0 Å². The first-order valence-electron chi connectivity index (χ1n) is 9.21. The molecule has 0 saturated carbocycles. The number of aryl methyl sites for hydroxylation is 1. The Labute approximate surface area is 168 Å². The number of alkyl halides is 3. The van der Waals surface area contributed by atoms with E-state index in [4.69, 9.17) is 0 Å². The number of sulfone groups is 1. The van der Waals surface area contributed by atoms with Crippen molar-refractivity contribution < 1.29 is 21.6 Å². The highest BCUT2D eigenvalue weighted by molar-refractivity contribution is 7.90. The lowest BCUT2D eigenvalue weighted by atomic mass is 10.1. The average Bonchev–Trinajstić information content (AvgIpc) is 2.97. The first-order valence-corrected chi connectivity index (χ1v) is 11.1. The minimum absolute atomic E-state index is 0.222. The minimum atomic E-state index is -4.39. The van der Waals surface area contributed by atoms with E-state index in [1.54, 1.807) is 24.3 Å². The summed E-state index contributed by atoms with van der Waals surface area (Å²) in [5.74, 6) is 0. The van der Waals surface area contributed by atoms with Gasteiger partial charge in [-0.05, 0) is 66.9 Å². The van der Waals surface area contributed by atoms with Crippen LogP contribution in [0.2, 0.25) is 0 Å². The Morgan fingerprint density at radius 2 is 1.55 bits per heavy atom. The number of aromatic nitrogens is 1. The van der Waals surface area contributed by atoms with Gasteiger partial charge in [-0.1, -0.05) is 25.5 Å². The molecule has 0 aliphatic heterocycles. The van der Waals surface area contributed by atoms with Crippen LogP contribution in [0.4, 0.5) is 13.2 Å². The van der Waals surface area contributed by atoms with Gasteiger partial charge in [0.2, 0.25) is 0 Å². The molecule has 3 nitrogen and oxygen atoms in total. The predicted octanol–water partition coefficient (Wildman–Crippen LogP) is 5.83. The summed E-state index contributed by atoms with van der Waals surface area (Å²) in [6.07, 6.45) is -1.46. The fraction of sp³-hybridized carbons (Fsp3) is 0.273. The summed E-state index contributed by atoms with van der Waals surface area (Å²) in [6, 6.07) is 13.6. The standard InChI is InChI=1S/C22H22F3NO2S/c1-4-5-17-14-21(16-6-12-20(13-7-16)29(3,27)28)26(15(17)2)19-10-8-18(9-11-19)22(23,24)25/h6-14H,4-5H2,1-3H3. The quantitative estimate of drug-likeness (QED) is 0.520. The third-order valence-corrected chi connectivity index (χ3v) is 6.03. The summed E-state index contributed by atoms with van der Waals surface area (Å²) >= 11 is 0. The molecule has 2 aromatic carbocycles. The molecule has 3 rings (SSSR count). The highest BCUT2D eigenvalue weighted by Gasteiger charge is 2.30. The van der Waals surface area contributed by atoms with E-state index in [1.165, 1.54) is 12.1 Å². The molecule has 0 fully saturated rings. The zero-order valence-electron chi connectivity index (χ0n) is 16.4. The molecule has 0 unspecified atom stereocenters. The van der Waals surface area contributed by atoms with Gasteiger partial charge in [0.05, 0.1) is 16.2 Å². The van der Waals surface area contributed by atoms with E-state index in [2.05, 4.69) is 6.92 Å². The molecular formula is C22H22F3NO2S. The molecule has 29 heavy (non-hydrogen) atoms. The van der Waals surface area contributed by atoms with Crippen LogP contribution >= 0.6 is 0 Å². The van der Waals surface area contributed by atoms with Crippen molar-refractivity contribution in [3.63, 3.8) is 0 Å². The van der Waals surface area contributed by atoms with Crippen LogP contribution in [0.15, 0.2) is 59.5 Å². The van der Waals surface area contributed by atoms with E-state index < -0.39 is 21.6 Å². The van der Waals surface area contributed by atoms with Crippen LogP contribution in [0, 0.1) is 6.92 Å². The van der Waals surface area contributed by atoms with Gasteiger partial charge < -0.3 is 4.57 Å². The lowest BCUT2D eigenvalue weighted by molar-refractivity contribution is -0.137. The van der Waals surface area contributed by atoms with E-state index in [0.29, 0.717) is 5.69 Å². The summed E-state index contributed by atoms with van der Waals surface area (Å²) < 4.78 is 64.2. The first kappa shape index (κ1) is 21.2. The van der Waals surface area contributed by atoms with Crippen molar-refractivity contribution in [1.82, 2.24) is 4.57 Å². The predicted molar refractivity (Wildman–Crippen MR) is 108 cm³/mol. The molecule has 1 aromatic heterocycles. The Morgan fingerprint density at radius 1 is 0.966 bits per heavy atom. The third kappa shape index (κ3) is 4.40. The number of halogens is 3. The maximum Gasteiger partial charge on any atom is 0.416 e. The van der Waals surface area contributed by atoms with Gasteiger partial charge in [0.15, 0.2) is 9.84 Å². The highest BCUT2D eigenvalue weighted by atomic mass is 32.2. The van der Waals surface area contributed by atoms with E-state index in [0.717, 1.165) is 53.7 Å². The molecule has 0 amide bonds. The topological polar surface area (TPSA) is 39.1 Å². The van der Waals surface area contributed by atoms with Crippen LogP contribution in [-0.4, -0.2) is 19.2 Å². The molecule has 7 heteroatoms. The third-order valence-electron chi connectivity index (χ3n) is 4.90. The summed E-state index contributed by atoms with van der Waals surface area (Å²) in [6.45, 7) is 4.01. The SMILES string of the molecule is CCCc1cc(-c2ccc(S(C)(=O)=O)cc2)n(-c2ccc(C(F)(F)F)cc2)c1C. The van der Waals surface area contributed by atoms with Crippen molar-refractivity contribution in [2.45, 2.75) is 37.8 Å². The van der Waals surface area contributed by atoms with Crippen molar-refractivity contribution in [2.24, 2.45) is 0 Å². The second-order valence-electron chi connectivity index (χ2n) is 7.07. The van der Waals surface area contributed by atoms with Crippen molar-refractivity contribution in [2.75, 3.05) is 6.26 Å². The van der Waals surface area contributed by atoms with Gasteiger partial charge in [-0.3, -0.25) is 0 Å². The average molecular weight is 421 g/mol. The fourth-order valence-corrected chi connectivity index (χ4v) is 4.03. The molecule has 1 heterocycles. The van der Waals surface area contributed by atoms with E-state index in [9.17, 15) is 21.6 Å². The van der Waals surface area contributed by atoms with Gasteiger partial charge in [0.25, 0.3) is 0 Å². The summed E-state index contributed by atoms with van der Waals surface area (Å²) in [5.41, 5.74) is 3.59. The van der Waals surface area contributed by atoms with Gasteiger partial charge in [-0.2, -0.15) is 13.2 Å². The Bertz CT molecular complexity index is 1110. The summed E-state index contributed by atoms with van der Waals surface area (Å²) in [5, 5.41) is 0. The van der Waals surface area contributed by atoms with Crippen molar-refractivity contribution >= 4 is 9.84 Å². The van der Waals surface area contributed by atoms with Gasteiger partial charge >= 0.3 is 6.18 Å². The zero-order valence-corrected chi connectivity index (χ0v) is 17.2. The van der Waals surface area contributed by atoms with Gasteiger partial charge in [0, 0.05) is 17.6 Å². The van der Waals surface area contributed by atoms with E-state index in [-0.39, 0.29) is 4.90 Å². The smallest absolute Gasteiger partial charge is 0.314 e. The summed E-state index contributed by atoms with van der Waals surface area (Å²) in [7, 11) is -3.31. The number of rotatable bonds is 5. The molecule has 0 spiro atoms. The van der Waals surface area contributed by atoms with Gasteiger partial charge in [-0.15, -0.1) is 0 Å². The first-order chi connectivity index (χ1) is 13.5. The second-order valence-corrected chi connectivity index (χ2v) is 9.08. The second kappa shape index (κ2) is 7.71. The van der Waals surface area contributed by atoms with Gasteiger partial charge in [-0.25, -0.2) is 8.42 Å². The Hall–Kier alpha value is -2.54. The van der Waals surface area contributed by atoms with Gasteiger partial charge in [0.1, 0.15) is 0 Å².